The molecule has 0 bridgehead atoms. The van der Waals surface area contributed by atoms with Gasteiger partial charge in [0.25, 0.3) is 0 Å². The first-order chi connectivity index (χ1) is 10.6. The second-order valence-electron chi connectivity index (χ2n) is 5.04. The number of aromatic nitrogens is 2. The minimum absolute atomic E-state index is 0.00228. The van der Waals surface area contributed by atoms with E-state index in [1.54, 1.807) is 12.1 Å². The normalized spacial score (nSPS) is 10.6. The van der Waals surface area contributed by atoms with Crippen LogP contribution in [0.4, 0.5) is 5.69 Å². The number of ketones is 1. The van der Waals surface area contributed by atoms with Gasteiger partial charge in [0, 0.05) is 16.8 Å². The number of hydrogen-bond donors (Lipinski definition) is 1. The van der Waals surface area contributed by atoms with Gasteiger partial charge in [-0.1, -0.05) is 53.8 Å². The van der Waals surface area contributed by atoms with Gasteiger partial charge in [-0.05, 0) is 18.6 Å². The number of carbonyl (C=O) groups is 1. The van der Waals surface area contributed by atoms with Gasteiger partial charge in [-0.3, -0.25) is 4.79 Å². The van der Waals surface area contributed by atoms with Crippen molar-refractivity contribution < 1.29 is 4.79 Å². The van der Waals surface area contributed by atoms with Crippen molar-refractivity contribution >= 4 is 22.8 Å². The van der Waals surface area contributed by atoms with Gasteiger partial charge in [0.05, 0.1) is 6.42 Å². The predicted octanol–water partition coefficient (Wildman–Crippen LogP) is 3.52. The van der Waals surface area contributed by atoms with Gasteiger partial charge in [-0.15, -0.1) is 10.2 Å². The Morgan fingerprint density at radius 2 is 1.91 bits per heavy atom. The molecule has 0 unspecified atom stereocenters. The Kier molecular flexibility index (Phi) is 3.98. The molecule has 0 amide bonds. The first-order valence-electron chi connectivity index (χ1n) is 6.90. The zero-order valence-corrected chi connectivity index (χ0v) is 12.9. The Bertz CT molecular complexity index is 812. The summed E-state index contributed by atoms with van der Waals surface area (Å²) in [6.07, 6.45) is 0.243. The van der Waals surface area contributed by atoms with Gasteiger partial charge >= 0.3 is 0 Å². The van der Waals surface area contributed by atoms with Gasteiger partial charge in [0.1, 0.15) is 10.0 Å². The number of carbonyl (C=O) groups excluding carboxylic acids is 1. The lowest BCUT2D eigenvalue weighted by atomic mass is 10.1. The molecule has 0 fully saturated rings. The van der Waals surface area contributed by atoms with Crippen molar-refractivity contribution in [3.8, 4) is 10.6 Å². The molecule has 1 aromatic heterocycles. The Morgan fingerprint density at radius 3 is 2.64 bits per heavy atom. The van der Waals surface area contributed by atoms with Crippen LogP contribution in [0.3, 0.4) is 0 Å². The number of hydrogen-bond acceptors (Lipinski definition) is 5. The van der Waals surface area contributed by atoms with Crippen LogP contribution in [0.2, 0.25) is 0 Å². The first-order valence-corrected chi connectivity index (χ1v) is 7.72. The predicted molar refractivity (Wildman–Crippen MR) is 89.0 cm³/mol. The SMILES string of the molecule is Cc1ccc(C(=O)Cc2nnc(-c3ccccc3)s2)cc1N. The molecule has 2 N–H and O–H groups in total. The standard InChI is InChI=1S/C17H15N3OS/c1-11-7-8-13(9-14(11)18)15(21)10-16-19-20-17(22-16)12-5-3-2-4-6-12/h2-9H,10,18H2,1H3. The van der Waals surface area contributed by atoms with Crippen molar-refractivity contribution in [1.82, 2.24) is 10.2 Å². The van der Waals surface area contributed by atoms with Crippen LogP contribution in [-0.2, 0) is 6.42 Å². The number of anilines is 1. The molecule has 0 saturated carbocycles. The second-order valence-corrected chi connectivity index (χ2v) is 6.10. The van der Waals surface area contributed by atoms with Crippen LogP contribution in [0.15, 0.2) is 48.5 Å². The highest BCUT2D eigenvalue weighted by Gasteiger charge is 2.13. The Balaban J connectivity index is 1.77. The lowest BCUT2D eigenvalue weighted by molar-refractivity contribution is 0.0993. The van der Waals surface area contributed by atoms with E-state index in [4.69, 9.17) is 5.73 Å². The zero-order chi connectivity index (χ0) is 15.5. The molecule has 22 heavy (non-hydrogen) atoms. The molecule has 3 aromatic rings. The maximum atomic E-state index is 12.3. The van der Waals surface area contributed by atoms with Crippen LogP contribution in [0, 0.1) is 6.92 Å². The fraction of sp³-hybridized carbons (Fsp3) is 0.118. The third-order valence-electron chi connectivity index (χ3n) is 3.40. The van der Waals surface area contributed by atoms with E-state index in [9.17, 15) is 4.79 Å². The molecule has 4 nitrogen and oxygen atoms in total. The minimum atomic E-state index is 0.00228. The van der Waals surface area contributed by atoms with Crippen LogP contribution >= 0.6 is 11.3 Å². The smallest absolute Gasteiger partial charge is 0.169 e. The summed E-state index contributed by atoms with van der Waals surface area (Å²) in [5.74, 6) is 0.00228. The lowest BCUT2D eigenvalue weighted by Crippen LogP contribution is -2.04. The van der Waals surface area contributed by atoms with Crippen LogP contribution in [-0.4, -0.2) is 16.0 Å². The molecule has 0 atom stereocenters. The first kappa shape index (κ1) is 14.4. The quantitative estimate of drug-likeness (QED) is 0.591. The zero-order valence-electron chi connectivity index (χ0n) is 12.1. The average Bonchev–Trinajstić information content (AvgIpc) is 2.99. The molecule has 5 heteroatoms. The summed E-state index contributed by atoms with van der Waals surface area (Å²) in [6.45, 7) is 1.92. The van der Waals surface area contributed by atoms with Gasteiger partial charge < -0.3 is 5.73 Å². The highest BCUT2D eigenvalue weighted by atomic mass is 32.1. The van der Waals surface area contributed by atoms with Crippen LogP contribution < -0.4 is 5.73 Å². The summed E-state index contributed by atoms with van der Waals surface area (Å²) < 4.78 is 0. The number of aryl methyl sites for hydroxylation is 1. The Labute approximate surface area is 132 Å². The summed E-state index contributed by atoms with van der Waals surface area (Å²) in [5.41, 5.74) is 9.08. The van der Waals surface area contributed by atoms with Gasteiger partial charge in [-0.25, -0.2) is 0 Å². The molecule has 1 heterocycles. The average molecular weight is 309 g/mol. The number of nitrogens with two attached hydrogens (primary N) is 1. The summed E-state index contributed by atoms with van der Waals surface area (Å²) in [5, 5.41) is 9.81. The highest BCUT2D eigenvalue weighted by molar-refractivity contribution is 7.14. The third kappa shape index (κ3) is 3.04. The lowest BCUT2D eigenvalue weighted by Gasteiger charge is -2.03. The number of Topliss-reactive ketones (excluding diaryl/α,β-unsaturated/α-hetero) is 1. The number of nitrogens with zero attached hydrogens (tertiary/aromatic N) is 2. The topological polar surface area (TPSA) is 68.9 Å². The van der Waals surface area contributed by atoms with E-state index in [1.165, 1.54) is 11.3 Å². The van der Waals surface area contributed by atoms with E-state index >= 15 is 0 Å². The summed E-state index contributed by atoms with van der Waals surface area (Å²) >= 11 is 1.44. The molecule has 0 saturated heterocycles. The molecule has 0 aliphatic carbocycles. The molecule has 0 aliphatic rings. The van der Waals surface area contributed by atoms with Crippen molar-refractivity contribution in [2.24, 2.45) is 0 Å². The Morgan fingerprint density at radius 1 is 1.14 bits per heavy atom. The van der Waals surface area contributed by atoms with Crippen molar-refractivity contribution in [2.75, 3.05) is 5.73 Å². The summed E-state index contributed by atoms with van der Waals surface area (Å²) in [4.78, 5) is 12.3. The molecule has 0 spiro atoms. The van der Waals surface area contributed by atoms with Gasteiger partial charge in [0.2, 0.25) is 0 Å². The van der Waals surface area contributed by atoms with Gasteiger partial charge in [0.15, 0.2) is 5.78 Å². The second kappa shape index (κ2) is 6.07. The maximum Gasteiger partial charge on any atom is 0.169 e. The number of rotatable bonds is 4. The molecule has 110 valence electrons. The molecule has 0 aliphatic heterocycles. The maximum absolute atomic E-state index is 12.3. The van der Waals surface area contributed by atoms with Crippen molar-refractivity contribution in [2.45, 2.75) is 13.3 Å². The van der Waals surface area contributed by atoms with Crippen LogP contribution in [0.5, 0.6) is 0 Å². The number of benzene rings is 2. The number of nitrogen functional groups attached to an aromatic ring is 1. The molecule has 3 rings (SSSR count). The van der Waals surface area contributed by atoms with E-state index in [-0.39, 0.29) is 12.2 Å². The summed E-state index contributed by atoms with van der Waals surface area (Å²) in [7, 11) is 0. The van der Waals surface area contributed by atoms with E-state index in [1.807, 2.05) is 43.3 Å². The van der Waals surface area contributed by atoms with Crippen molar-refractivity contribution in [3.05, 3.63) is 64.7 Å². The van der Waals surface area contributed by atoms with E-state index in [2.05, 4.69) is 10.2 Å². The van der Waals surface area contributed by atoms with E-state index in [0.29, 0.717) is 16.3 Å². The van der Waals surface area contributed by atoms with E-state index in [0.717, 1.165) is 16.1 Å². The Hall–Kier alpha value is -2.53. The fourth-order valence-corrected chi connectivity index (χ4v) is 2.92. The van der Waals surface area contributed by atoms with Gasteiger partial charge in [-0.2, -0.15) is 0 Å². The highest BCUT2D eigenvalue weighted by Crippen LogP contribution is 2.24. The minimum Gasteiger partial charge on any atom is -0.398 e. The molecular weight excluding hydrogens is 294 g/mol. The van der Waals surface area contributed by atoms with Crippen molar-refractivity contribution in [1.29, 1.82) is 0 Å². The summed E-state index contributed by atoms with van der Waals surface area (Å²) in [6, 6.07) is 15.2. The monoisotopic (exact) mass is 309 g/mol. The van der Waals surface area contributed by atoms with Crippen LogP contribution in [0.1, 0.15) is 20.9 Å². The van der Waals surface area contributed by atoms with Crippen LogP contribution in [0.25, 0.3) is 10.6 Å². The molecule has 0 radical (unpaired) electrons. The molecule has 2 aromatic carbocycles. The third-order valence-corrected chi connectivity index (χ3v) is 4.37. The van der Waals surface area contributed by atoms with E-state index < -0.39 is 0 Å². The fourth-order valence-electron chi connectivity index (χ4n) is 2.08. The van der Waals surface area contributed by atoms with Crippen molar-refractivity contribution in [3.63, 3.8) is 0 Å². The molecular formula is C17H15N3OS. The largest absolute Gasteiger partial charge is 0.398 e.